The van der Waals surface area contributed by atoms with E-state index < -0.39 is 10.0 Å². The van der Waals surface area contributed by atoms with Crippen LogP contribution in [0.1, 0.15) is 6.92 Å². The van der Waals surface area contributed by atoms with E-state index in [9.17, 15) is 8.42 Å². The van der Waals surface area contributed by atoms with E-state index in [-0.39, 0.29) is 4.90 Å². The second kappa shape index (κ2) is 6.44. The van der Waals surface area contributed by atoms with Gasteiger partial charge in [-0.15, -0.1) is 0 Å². The molecule has 112 valence electrons. The summed E-state index contributed by atoms with van der Waals surface area (Å²) in [5.74, 6) is 0.584. The van der Waals surface area contributed by atoms with Crippen LogP contribution in [-0.2, 0) is 10.0 Å². The molecule has 0 fully saturated rings. The summed E-state index contributed by atoms with van der Waals surface area (Å²) in [6, 6.07) is 8.03. The number of sulfonamides is 1. The van der Waals surface area contributed by atoms with Crippen molar-refractivity contribution in [1.82, 2.24) is 4.98 Å². The molecular weight excluding hydrogens is 356 g/mol. The van der Waals surface area contributed by atoms with Crippen LogP contribution in [0.5, 0.6) is 5.75 Å². The smallest absolute Gasteiger partial charge is 0.264 e. The third kappa shape index (κ3) is 3.19. The number of anilines is 1. The molecule has 0 spiro atoms. The average molecular weight is 371 g/mol. The van der Waals surface area contributed by atoms with Gasteiger partial charge in [0.1, 0.15) is 5.75 Å². The number of hydrogen-bond donors (Lipinski definition) is 0. The molecule has 0 radical (unpaired) electrons. The van der Waals surface area contributed by atoms with Crippen molar-refractivity contribution in [3.05, 3.63) is 47.2 Å². The van der Waals surface area contributed by atoms with Gasteiger partial charge in [-0.1, -0.05) is 0 Å². The van der Waals surface area contributed by atoms with Gasteiger partial charge in [0.05, 0.1) is 22.2 Å². The van der Waals surface area contributed by atoms with Crippen LogP contribution in [0.15, 0.2) is 52.1 Å². The minimum atomic E-state index is -3.63. The van der Waals surface area contributed by atoms with Crippen LogP contribution in [0.3, 0.4) is 0 Å². The maximum atomic E-state index is 12.8. The van der Waals surface area contributed by atoms with Crippen molar-refractivity contribution in [2.75, 3.05) is 18.0 Å². The van der Waals surface area contributed by atoms with Gasteiger partial charge in [0.2, 0.25) is 0 Å². The summed E-state index contributed by atoms with van der Waals surface area (Å²) < 4.78 is 32.6. The number of aromatic nitrogens is 1. The molecular formula is C14H15BrN2O3S. The van der Waals surface area contributed by atoms with Crippen molar-refractivity contribution in [2.24, 2.45) is 0 Å². The summed E-state index contributed by atoms with van der Waals surface area (Å²) in [6.45, 7) is 2.12. The van der Waals surface area contributed by atoms with Gasteiger partial charge in [-0.25, -0.2) is 8.42 Å². The van der Waals surface area contributed by atoms with Gasteiger partial charge in [-0.05, 0) is 53.2 Å². The summed E-state index contributed by atoms with van der Waals surface area (Å²) in [6.07, 6.45) is 3.13. The summed E-state index contributed by atoms with van der Waals surface area (Å²) in [5, 5.41) is 0. The average Bonchev–Trinajstić information content (AvgIpc) is 2.48. The van der Waals surface area contributed by atoms with E-state index in [1.807, 2.05) is 0 Å². The lowest BCUT2D eigenvalue weighted by Gasteiger charge is -2.23. The quantitative estimate of drug-likeness (QED) is 0.811. The first-order valence-corrected chi connectivity index (χ1v) is 8.50. The minimum Gasteiger partial charge on any atom is -0.496 e. The highest BCUT2D eigenvalue weighted by Gasteiger charge is 2.24. The Hall–Kier alpha value is -1.60. The second-order valence-corrected chi connectivity index (χ2v) is 6.89. The summed E-state index contributed by atoms with van der Waals surface area (Å²) in [4.78, 5) is 4.11. The molecule has 0 aliphatic carbocycles. The van der Waals surface area contributed by atoms with Crippen LogP contribution in [0, 0.1) is 0 Å². The third-order valence-electron chi connectivity index (χ3n) is 2.95. The molecule has 7 heteroatoms. The van der Waals surface area contributed by atoms with Crippen LogP contribution < -0.4 is 9.04 Å². The van der Waals surface area contributed by atoms with Gasteiger partial charge >= 0.3 is 0 Å². The fourth-order valence-corrected chi connectivity index (χ4v) is 4.13. The maximum absolute atomic E-state index is 12.8. The van der Waals surface area contributed by atoms with Crippen molar-refractivity contribution < 1.29 is 13.2 Å². The number of pyridine rings is 1. The van der Waals surface area contributed by atoms with Gasteiger partial charge in [0.25, 0.3) is 10.0 Å². The minimum absolute atomic E-state index is 0.203. The van der Waals surface area contributed by atoms with E-state index in [0.717, 1.165) is 0 Å². The van der Waals surface area contributed by atoms with Crippen molar-refractivity contribution >= 4 is 31.6 Å². The molecule has 0 aliphatic rings. The van der Waals surface area contributed by atoms with Crippen molar-refractivity contribution in [3.63, 3.8) is 0 Å². The van der Waals surface area contributed by atoms with Gasteiger partial charge in [0.15, 0.2) is 0 Å². The lowest BCUT2D eigenvalue weighted by Crippen LogP contribution is -2.30. The zero-order valence-electron chi connectivity index (χ0n) is 11.7. The van der Waals surface area contributed by atoms with Crippen molar-refractivity contribution in [3.8, 4) is 5.75 Å². The normalized spacial score (nSPS) is 11.2. The topological polar surface area (TPSA) is 59.5 Å². The molecule has 0 saturated carbocycles. The Bertz CT molecular complexity index is 720. The molecule has 21 heavy (non-hydrogen) atoms. The number of nitrogens with zero attached hydrogens (tertiary/aromatic N) is 2. The first kappa shape index (κ1) is 15.8. The van der Waals surface area contributed by atoms with E-state index in [0.29, 0.717) is 22.5 Å². The molecule has 0 N–H and O–H groups in total. The summed E-state index contributed by atoms with van der Waals surface area (Å²) in [5.41, 5.74) is 0.583. The van der Waals surface area contributed by atoms with E-state index in [1.165, 1.54) is 23.5 Å². The zero-order chi connectivity index (χ0) is 15.5. The Morgan fingerprint density at radius 2 is 1.90 bits per heavy atom. The number of halogens is 1. The predicted octanol–water partition coefficient (Wildman–Crippen LogP) is 3.07. The lowest BCUT2D eigenvalue weighted by molar-refractivity contribution is 0.411. The second-order valence-electron chi connectivity index (χ2n) is 4.17. The molecule has 0 bridgehead atoms. The number of rotatable bonds is 5. The molecule has 0 saturated heterocycles. The van der Waals surface area contributed by atoms with E-state index in [1.54, 1.807) is 37.5 Å². The Kier molecular flexibility index (Phi) is 4.84. The monoisotopic (exact) mass is 370 g/mol. The predicted molar refractivity (Wildman–Crippen MR) is 85.1 cm³/mol. The maximum Gasteiger partial charge on any atom is 0.264 e. The standard InChI is InChI=1S/C14H15BrN2O3S/c1-3-17(11-6-8-16-9-7-11)21(18,19)12-4-5-14(20-2)13(15)10-12/h4-10H,3H2,1-2H3. The Labute approximate surface area is 132 Å². The fourth-order valence-electron chi connectivity index (χ4n) is 1.94. The molecule has 0 unspecified atom stereocenters. The summed E-state index contributed by atoms with van der Waals surface area (Å²) >= 11 is 3.31. The number of methoxy groups -OCH3 is 1. The largest absolute Gasteiger partial charge is 0.496 e. The Balaban J connectivity index is 2.47. The van der Waals surface area contributed by atoms with E-state index >= 15 is 0 Å². The number of benzene rings is 1. The Morgan fingerprint density at radius 3 is 2.43 bits per heavy atom. The van der Waals surface area contributed by atoms with Gasteiger partial charge in [-0.3, -0.25) is 9.29 Å². The highest BCUT2D eigenvalue weighted by molar-refractivity contribution is 9.10. The van der Waals surface area contributed by atoms with Crippen LogP contribution in [-0.4, -0.2) is 27.1 Å². The highest BCUT2D eigenvalue weighted by atomic mass is 79.9. The molecule has 2 aromatic rings. The van der Waals surface area contributed by atoms with Gasteiger partial charge in [0, 0.05) is 18.9 Å². The molecule has 2 rings (SSSR count). The molecule has 0 amide bonds. The van der Waals surface area contributed by atoms with Crippen molar-refractivity contribution in [1.29, 1.82) is 0 Å². The third-order valence-corrected chi connectivity index (χ3v) is 5.47. The zero-order valence-corrected chi connectivity index (χ0v) is 14.1. The van der Waals surface area contributed by atoms with Gasteiger partial charge in [-0.2, -0.15) is 0 Å². The molecule has 5 nitrogen and oxygen atoms in total. The van der Waals surface area contributed by atoms with Crippen molar-refractivity contribution in [2.45, 2.75) is 11.8 Å². The molecule has 0 atom stereocenters. The van der Waals surface area contributed by atoms with Crippen LogP contribution in [0.4, 0.5) is 5.69 Å². The molecule has 0 aliphatic heterocycles. The first-order chi connectivity index (χ1) is 10.0. The molecule has 1 aromatic carbocycles. The number of hydrogen-bond acceptors (Lipinski definition) is 4. The van der Waals surface area contributed by atoms with Crippen LogP contribution in [0.2, 0.25) is 0 Å². The Morgan fingerprint density at radius 1 is 1.24 bits per heavy atom. The fraction of sp³-hybridized carbons (Fsp3) is 0.214. The number of ether oxygens (including phenoxy) is 1. The van der Waals surface area contributed by atoms with Gasteiger partial charge < -0.3 is 4.74 Å². The van der Waals surface area contributed by atoms with Crippen LogP contribution >= 0.6 is 15.9 Å². The first-order valence-electron chi connectivity index (χ1n) is 6.27. The summed E-state index contributed by atoms with van der Waals surface area (Å²) in [7, 11) is -2.10. The SMILES string of the molecule is CCN(c1ccncc1)S(=O)(=O)c1ccc(OC)c(Br)c1. The highest BCUT2D eigenvalue weighted by Crippen LogP contribution is 2.30. The van der Waals surface area contributed by atoms with Crippen LogP contribution in [0.25, 0.3) is 0 Å². The lowest BCUT2D eigenvalue weighted by atomic mass is 10.3. The van der Waals surface area contributed by atoms with E-state index in [4.69, 9.17) is 4.74 Å². The molecule has 1 aromatic heterocycles. The van der Waals surface area contributed by atoms with E-state index in [2.05, 4.69) is 20.9 Å². The molecule has 1 heterocycles.